The zero-order valence-electron chi connectivity index (χ0n) is 18.2. The van der Waals surface area contributed by atoms with E-state index in [1.165, 1.54) is 23.4 Å². The summed E-state index contributed by atoms with van der Waals surface area (Å²) in [6.07, 6.45) is 2.80. The van der Waals surface area contributed by atoms with Crippen LogP contribution >= 0.6 is 0 Å². The Labute approximate surface area is 173 Å². The molecule has 0 spiro atoms. The van der Waals surface area contributed by atoms with Gasteiger partial charge < -0.3 is 10.0 Å². The topological polar surface area (TPSA) is 64.9 Å². The van der Waals surface area contributed by atoms with Gasteiger partial charge in [0.2, 0.25) is 0 Å². The van der Waals surface area contributed by atoms with E-state index in [2.05, 4.69) is 69.1 Å². The minimum Gasteiger partial charge on any atom is -0.508 e. The van der Waals surface area contributed by atoms with Crippen molar-refractivity contribution in [3.05, 3.63) is 58.7 Å². The summed E-state index contributed by atoms with van der Waals surface area (Å²) in [7, 11) is 0. The highest BCUT2D eigenvalue weighted by atomic mass is 16.3. The van der Waals surface area contributed by atoms with Gasteiger partial charge in [0.15, 0.2) is 0 Å². The van der Waals surface area contributed by atoms with Gasteiger partial charge in [-0.25, -0.2) is 5.43 Å². The Morgan fingerprint density at radius 1 is 1.28 bits per heavy atom. The van der Waals surface area contributed by atoms with Crippen molar-refractivity contribution in [1.82, 2.24) is 5.43 Å². The van der Waals surface area contributed by atoms with Crippen LogP contribution < -0.4 is 10.3 Å². The number of aryl methyl sites for hydroxylation is 1. The number of fused-ring (bicyclic) bond motifs is 1. The molecule has 3 rings (SSSR count). The van der Waals surface area contributed by atoms with Crippen LogP contribution in [0.2, 0.25) is 0 Å². The molecular formula is C24H31N3O2. The molecule has 1 aliphatic rings. The molecule has 2 aromatic rings. The highest BCUT2D eigenvalue weighted by Crippen LogP contribution is 2.45. The fourth-order valence-electron chi connectivity index (χ4n) is 4.57. The van der Waals surface area contributed by atoms with E-state index in [0.29, 0.717) is 17.5 Å². The Morgan fingerprint density at radius 3 is 2.55 bits per heavy atom. The minimum atomic E-state index is -0.307. The number of aromatic hydroxyl groups is 1. The number of amides is 1. The fraction of sp³-hybridized carbons (Fsp3) is 0.417. The quantitative estimate of drug-likeness (QED) is 0.570. The van der Waals surface area contributed by atoms with Gasteiger partial charge in [-0.3, -0.25) is 4.79 Å². The minimum absolute atomic E-state index is 0.112. The second-order valence-electron chi connectivity index (χ2n) is 8.89. The molecule has 0 bridgehead atoms. The van der Waals surface area contributed by atoms with Crippen LogP contribution in [-0.4, -0.2) is 28.8 Å². The molecule has 0 fully saturated rings. The van der Waals surface area contributed by atoms with Crippen LogP contribution in [0.15, 0.2) is 41.5 Å². The summed E-state index contributed by atoms with van der Waals surface area (Å²) in [6.45, 7) is 13.5. The predicted molar refractivity (Wildman–Crippen MR) is 119 cm³/mol. The van der Waals surface area contributed by atoms with Crippen molar-refractivity contribution < 1.29 is 9.90 Å². The van der Waals surface area contributed by atoms with Crippen molar-refractivity contribution in [2.75, 3.05) is 4.90 Å². The highest BCUT2D eigenvalue weighted by molar-refractivity contribution is 5.95. The Hall–Kier alpha value is -2.82. The molecule has 29 heavy (non-hydrogen) atoms. The summed E-state index contributed by atoms with van der Waals surface area (Å²) in [6, 6.07) is 11.0. The van der Waals surface area contributed by atoms with Crippen molar-refractivity contribution in [2.24, 2.45) is 5.10 Å². The zero-order valence-corrected chi connectivity index (χ0v) is 18.2. The van der Waals surface area contributed by atoms with Gasteiger partial charge in [0.05, 0.1) is 6.21 Å². The molecule has 0 aliphatic carbocycles. The van der Waals surface area contributed by atoms with E-state index >= 15 is 0 Å². The molecule has 5 heteroatoms. The molecule has 1 heterocycles. The summed E-state index contributed by atoms with van der Waals surface area (Å²) in [5.74, 6) is 0.273. The molecule has 1 aliphatic heterocycles. The van der Waals surface area contributed by atoms with Crippen molar-refractivity contribution in [3.63, 3.8) is 0 Å². The molecule has 0 unspecified atom stereocenters. The Kier molecular flexibility index (Phi) is 5.69. The Balaban J connectivity index is 1.85. The van der Waals surface area contributed by atoms with E-state index in [4.69, 9.17) is 0 Å². The maximum Gasteiger partial charge on any atom is 0.271 e. The monoisotopic (exact) mass is 393 g/mol. The van der Waals surface area contributed by atoms with Crippen molar-refractivity contribution in [1.29, 1.82) is 0 Å². The molecule has 0 saturated heterocycles. The number of rotatable bonds is 4. The molecule has 0 radical (unpaired) electrons. The zero-order chi connectivity index (χ0) is 21.3. The van der Waals surface area contributed by atoms with E-state index in [-0.39, 0.29) is 17.2 Å². The number of carbonyl (C=O) groups is 1. The first-order chi connectivity index (χ1) is 13.6. The SMILES string of the molecule is Cc1cc2c(cc1/C=N\NC(=O)c1ccc(O)cc1)[C@@H](C)CC(C)(C)N2C(C)C. The standard InChI is InChI=1S/C24H31N3O2/c1-15(2)27-22-11-16(3)19(12-21(22)17(4)13-24(27,5)6)14-25-26-23(29)18-7-9-20(28)10-8-18/h7-12,14-15,17,28H,13H2,1-6H3,(H,26,29)/b25-14-/t17-/m0/s1. The molecule has 1 atom stereocenters. The van der Waals surface area contributed by atoms with Crippen LogP contribution in [0.1, 0.15) is 74.0 Å². The fourth-order valence-corrected chi connectivity index (χ4v) is 4.57. The molecule has 0 aromatic heterocycles. The number of carbonyl (C=O) groups excluding carboxylic acids is 1. The number of hydrogen-bond acceptors (Lipinski definition) is 4. The summed E-state index contributed by atoms with van der Waals surface area (Å²) >= 11 is 0. The van der Waals surface area contributed by atoms with Crippen LogP contribution in [0.3, 0.4) is 0 Å². The number of nitrogens with zero attached hydrogens (tertiary/aromatic N) is 2. The van der Waals surface area contributed by atoms with Gasteiger partial charge in [-0.1, -0.05) is 6.92 Å². The maximum atomic E-state index is 12.2. The lowest BCUT2D eigenvalue weighted by atomic mass is 9.78. The van der Waals surface area contributed by atoms with E-state index in [1.54, 1.807) is 18.3 Å². The van der Waals surface area contributed by atoms with Crippen molar-refractivity contribution >= 4 is 17.8 Å². The lowest BCUT2D eigenvalue weighted by Gasteiger charge is -2.50. The van der Waals surface area contributed by atoms with E-state index in [1.807, 2.05) is 0 Å². The summed E-state index contributed by atoms with van der Waals surface area (Å²) in [5.41, 5.74) is 7.88. The normalized spacial score (nSPS) is 18.2. The van der Waals surface area contributed by atoms with Gasteiger partial charge in [-0.15, -0.1) is 0 Å². The number of anilines is 1. The number of benzene rings is 2. The average molecular weight is 394 g/mol. The van der Waals surface area contributed by atoms with Crippen molar-refractivity contribution in [3.8, 4) is 5.75 Å². The second-order valence-corrected chi connectivity index (χ2v) is 8.89. The molecule has 1 amide bonds. The molecule has 154 valence electrons. The number of phenolic OH excluding ortho intramolecular Hbond substituents is 1. The molecular weight excluding hydrogens is 362 g/mol. The molecule has 0 saturated carbocycles. The molecule has 2 N–H and O–H groups in total. The lowest BCUT2D eigenvalue weighted by Crippen LogP contribution is -2.51. The van der Waals surface area contributed by atoms with Gasteiger partial charge >= 0.3 is 0 Å². The summed E-state index contributed by atoms with van der Waals surface area (Å²) < 4.78 is 0. The summed E-state index contributed by atoms with van der Waals surface area (Å²) in [5, 5.41) is 13.5. The first-order valence-corrected chi connectivity index (χ1v) is 10.2. The van der Waals surface area contributed by atoms with Crippen LogP contribution in [-0.2, 0) is 0 Å². The first-order valence-electron chi connectivity index (χ1n) is 10.2. The number of hydrazone groups is 1. The first kappa shape index (κ1) is 20.9. The van der Waals surface area contributed by atoms with E-state index in [0.717, 1.165) is 17.5 Å². The van der Waals surface area contributed by atoms with Gasteiger partial charge in [0.25, 0.3) is 5.91 Å². The summed E-state index contributed by atoms with van der Waals surface area (Å²) in [4.78, 5) is 14.7. The largest absolute Gasteiger partial charge is 0.508 e. The highest BCUT2D eigenvalue weighted by Gasteiger charge is 2.37. The van der Waals surface area contributed by atoms with Crippen LogP contribution in [0.4, 0.5) is 5.69 Å². The smallest absolute Gasteiger partial charge is 0.271 e. The third-order valence-corrected chi connectivity index (χ3v) is 5.68. The third kappa shape index (κ3) is 4.29. The van der Waals surface area contributed by atoms with Gasteiger partial charge in [0, 0.05) is 22.8 Å². The van der Waals surface area contributed by atoms with Gasteiger partial charge in [-0.05, 0) is 100 Å². The Bertz CT molecular complexity index is 930. The van der Waals surface area contributed by atoms with Crippen LogP contribution in [0.25, 0.3) is 0 Å². The Morgan fingerprint density at radius 2 is 1.93 bits per heavy atom. The lowest BCUT2D eigenvalue weighted by molar-refractivity contribution is 0.0955. The van der Waals surface area contributed by atoms with E-state index in [9.17, 15) is 9.90 Å². The van der Waals surface area contributed by atoms with E-state index < -0.39 is 0 Å². The number of nitrogens with one attached hydrogen (secondary N) is 1. The predicted octanol–water partition coefficient (Wildman–Crippen LogP) is 4.97. The third-order valence-electron chi connectivity index (χ3n) is 5.68. The average Bonchev–Trinajstić information content (AvgIpc) is 2.62. The van der Waals surface area contributed by atoms with Gasteiger partial charge in [-0.2, -0.15) is 5.10 Å². The molecule has 5 nitrogen and oxygen atoms in total. The van der Waals surface area contributed by atoms with Crippen LogP contribution in [0, 0.1) is 6.92 Å². The number of phenols is 1. The maximum absolute atomic E-state index is 12.2. The van der Waals surface area contributed by atoms with Crippen LogP contribution in [0.5, 0.6) is 5.75 Å². The van der Waals surface area contributed by atoms with Gasteiger partial charge in [0.1, 0.15) is 5.75 Å². The second kappa shape index (κ2) is 7.90. The van der Waals surface area contributed by atoms with Crippen molar-refractivity contribution in [2.45, 2.75) is 65.5 Å². The molecule has 2 aromatic carbocycles. The number of hydrogen-bond donors (Lipinski definition) is 2.